The number of hydrogen-bond acceptors (Lipinski definition) is 6. The molecular weight excluding hydrogens is 440 g/mol. The molecule has 178 valence electrons. The average Bonchev–Trinajstić information content (AvgIpc) is 3.53. The predicted octanol–water partition coefficient (Wildman–Crippen LogP) is 1.59. The molecule has 0 radical (unpaired) electrons. The Kier molecular flexibility index (Phi) is 5.97. The van der Waals surface area contributed by atoms with Crippen LogP contribution in [0.5, 0.6) is 0 Å². The molecule has 4 atom stereocenters. The van der Waals surface area contributed by atoms with Crippen LogP contribution in [-0.4, -0.2) is 77.6 Å². The standard InChI is InChI=1S/C25H26N2O7/c28-14-9-22(24(30)31)27(10-14)23(29)20-11-33-13-21(20)26-25(32)34-12-19-17-7-3-1-5-15(17)16-6-2-4-8-18(16)19/h1-8,14,19-22,28H,9-13H2,(H,26,32)(H,30,31). The SMILES string of the molecule is O=C(NC1COCC1C(=O)N1CC(O)CC1C(=O)O)OCC1c2ccccc2-c2ccccc21. The number of hydrogen-bond donors (Lipinski definition) is 3. The number of fused-ring (bicyclic) bond motifs is 3. The molecule has 2 heterocycles. The maximum Gasteiger partial charge on any atom is 0.407 e. The Morgan fingerprint density at radius 2 is 1.68 bits per heavy atom. The third kappa shape index (κ3) is 4.01. The number of carbonyl (C=O) groups excluding carboxylic acids is 2. The minimum atomic E-state index is -1.16. The van der Waals surface area contributed by atoms with Crippen LogP contribution in [-0.2, 0) is 19.1 Å². The quantitative estimate of drug-likeness (QED) is 0.611. The van der Waals surface area contributed by atoms with E-state index >= 15 is 0 Å². The normalized spacial score (nSPS) is 25.6. The zero-order valence-electron chi connectivity index (χ0n) is 18.4. The highest BCUT2D eigenvalue weighted by atomic mass is 16.5. The van der Waals surface area contributed by atoms with Crippen molar-refractivity contribution >= 4 is 18.0 Å². The van der Waals surface area contributed by atoms with Crippen molar-refractivity contribution in [1.82, 2.24) is 10.2 Å². The third-order valence-corrected chi connectivity index (χ3v) is 6.89. The lowest BCUT2D eigenvalue weighted by Gasteiger charge is -2.27. The zero-order chi connectivity index (χ0) is 23.8. The maximum atomic E-state index is 13.0. The first-order valence-corrected chi connectivity index (χ1v) is 11.3. The second-order valence-electron chi connectivity index (χ2n) is 8.95. The predicted molar refractivity (Wildman–Crippen MR) is 120 cm³/mol. The van der Waals surface area contributed by atoms with Gasteiger partial charge in [0, 0.05) is 18.9 Å². The van der Waals surface area contributed by atoms with Gasteiger partial charge in [0.25, 0.3) is 0 Å². The highest BCUT2D eigenvalue weighted by Crippen LogP contribution is 2.44. The van der Waals surface area contributed by atoms with Gasteiger partial charge in [0.05, 0.1) is 31.3 Å². The molecule has 9 heteroatoms. The first-order valence-electron chi connectivity index (χ1n) is 11.3. The highest BCUT2D eigenvalue weighted by Gasteiger charge is 2.45. The smallest absolute Gasteiger partial charge is 0.407 e. The van der Waals surface area contributed by atoms with Crippen LogP contribution in [0.25, 0.3) is 11.1 Å². The number of carboxylic acid groups (broad SMARTS) is 1. The van der Waals surface area contributed by atoms with Crippen LogP contribution < -0.4 is 5.32 Å². The van der Waals surface area contributed by atoms with Gasteiger partial charge in [0.1, 0.15) is 12.6 Å². The molecule has 3 N–H and O–H groups in total. The largest absolute Gasteiger partial charge is 0.480 e. The van der Waals surface area contributed by atoms with Crippen LogP contribution in [0.15, 0.2) is 48.5 Å². The number of aliphatic carboxylic acids is 1. The fraction of sp³-hybridized carbons (Fsp3) is 0.400. The van der Waals surface area contributed by atoms with Gasteiger partial charge in [-0.15, -0.1) is 0 Å². The molecule has 0 aromatic heterocycles. The van der Waals surface area contributed by atoms with Gasteiger partial charge in [-0.1, -0.05) is 48.5 Å². The molecule has 5 rings (SSSR count). The van der Waals surface area contributed by atoms with E-state index in [9.17, 15) is 24.6 Å². The molecule has 2 aromatic rings. The minimum absolute atomic E-state index is 0.0148. The van der Waals surface area contributed by atoms with Crippen LogP contribution in [0, 0.1) is 5.92 Å². The number of carboxylic acids is 1. The van der Waals surface area contributed by atoms with Crippen LogP contribution in [0.1, 0.15) is 23.5 Å². The lowest BCUT2D eigenvalue weighted by molar-refractivity contribution is -0.150. The molecule has 2 aliphatic heterocycles. The maximum absolute atomic E-state index is 13.0. The second kappa shape index (κ2) is 9.08. The number of amides is 2. The van der Waals surface area contributed by atoms with Crippen molar-refractivity contribution in [3.8, 4) is 11.1 Å². The summed E-state index contributed by atoms with van der Waals surface area (Å²) >= 11 is 0. The van der Waals surface area contributed by atoms with Crippen molar-refractivity contribution in [2.45, 2.75) is 30.5 Å². The Balaban J connectivity index is 1.23. The van der Waals surface area contributed by atoms with Gasteiger partial charge in [0.15, 0.2) is 0 Å². The van der Waals surface area contributed by atoms with E-state index < -0.39 is 42.1 Å². The van der Waals surface area contributed by atoms with Gasteiger partial charge in [0.2, 0.25) is 5.91 Å². The molecule has 4 unspecified atom stereocenters. The molecule has 0 saturated carbocycles. The molecule has 0 spiro atoms. The van der Waals surface area contributed by atoms with Gasteiger partial charge >= 0.3 is 12.1 Å². The summed E-state index contributed by atoms with van der Waals surface area (Å²) in [6.07, 6.45) is -1.56. The van der Waals surface area contributed by atoms with Gasteiger partial charge in [-0.3, -0.25) is 4.79 Å². The molecule has 2 amide bonds. The fourth-order valence-electron chi connectivity index (χ4n) is 5.24. The Bertz CT molecular complexity index is 1070. The van der Waals surface area contributed by atoms with Crippen LogP contribution in [0.2, 0.25) is 0 Å². The Labute approximate surface area is 196 Å². The summed E-state index contributed by atoms with van der Waals surface area (Å²) in [5.74, 6) is -2.44. The summed E-state index contributed by atoms with van der Waals surface area (Å²) in [6.45, 7) is 0.274. The lowest BCUT2D eigenvalue weighted by atomic mass is 9.98. The number of carbonyl (C=O) groups is 3. The molecule has 2 saturated heterocycles. The van der Waals surface area contributed by atoms with E-state index in [0.717, 1.165) is 22.3 Å². The Morgan fingerprint density at radius 3 is 2.32 bits per heavy atom. The lowest BCUT2D eigenvalue weighted by Crippen LogP contribution is -2.50. The van der Waals surface area contributed by atoms with E-state index in [4.69, 9.17) is 9.47 Å². The molecule has 0 bridgehead atoms. The van der Waals surface area contributed by atoms with Crippen LogP contribution in [0.3, 0.4) is 0 Å². The number of alkyl carbamates (subject to hydrolysis) is 1. The Hall–Kier alpha value is -3.43. The highest BCUT2D eigenvalue weighted by molar-refractivity contribution is 5.87. The van der Waals surface area contributed by atoms with Crippen molar-refractivity contribution in [2.75, 3.05) is 26.4 Å². The van der Waals surface area contributed by atoms with E-state index in [2.05, 4.69) is 17.4 Å². The summed E-state index contributed by atoms with van der Waals surface area (Å²) in [5.41, 5.74) is 4.45. The number of likely N-dealkylation sites (tertiary alicyclic amines) is 1. The number of aliphatic hydroxyl groups excluding tert-OH is 1. The number of benzene rings is 2. The number of nitrogens with zero attached hydrogens (tertiary/aromatic N) is 1. The summed E-state index contributed by atoms with van der Waals surface area (Å²) < 4.78 is 11.0. The van der Waals surface area contributed by atoms with Gasteiger partial charge in [-0.05, 0) is 22.3 Å². The molecule has 9 nitrogen and oxygen atoms in total. The number of nitrogens with one attached hydrogen (secondary N) is 1. The van der Waals surface area contributed by atoms with Crippen LogP contribution >= 0.6 is 0 Å². The molecule has 2 aromatic carbocycles. The van der Waals surface area contributed by atoms with Crippen LogP contribution in [0.4, 0.5) is 4.79 Å². The third-order valence-electron chi connectivity index (χ3n) is 6.89. The molecular formula is C25H26N2O7. The van der Waals surface area contributed by atoms with Crippen molar-refractivity contribution < 1.29 is 34.1 Å². The number of β-amino-alcohol motifs (C(OH)–C–C–N with tert-alkyl or cyclic N) is 1. The van der Waals surface area contributed by atoms with Crippen molar-refractivity contribution in [3.05, 3.63) is 59.7 Å². The van der Waals surface area contributed by atoms with E-state index in [1.807, 2.05) is 36.4 Å². The van der Waals surface area contributed by atoms with E-state index in [0.29, 0.717) is 0 Å². The first kappa shape index (κ1) is 22.4. The molecule has 3 aliphatic rings. The zero-order valence-corrected chi connectivity index (χ0v) is 18.4. The van der Waals surface area contributed by atoms with E-state index in [1.54, 1.807) is 0 Å². The monoisotopic (exact) mass is 466 g/mol. The summed E-state index contributed by atoms with van der Waals surface area (Å²) in [6, 6.07) is 14.3. The summed E-state index contributed by atoms with van der Waals surface area (Å²) in [5, 5.41) is 22.0. The fourth-order valence-corrected chi connectivity index (χ4v) is 5.24. The number of rotatable bonds is 5. The van der Waals surface area contributed by atoms with E-state index in [-0.39, 0.29) is 38.7 Å². The van der Waals surface area contributed by atoms with E-state index in [1.165, 1.54) is 4.90 Å². The van der Waals surface area contributed by atoms with Gasteiger partial charge in [-0.2, -0.15) is 0 Å². The van der Waals surface area contributed by atoms with Gasteiger partial charge in [-0.25, -0.2) is 9.59 Å². The Morgan fingerprint density at radius 1 is 1.03 bits per heavy atom. The topological polar surface area (TPSA) is 125 Å². The summed E-state index contributed by atoms with van der Waals surface area (Å²) in [4.78, 5) is 38.3. The molecule has 1 aliphatic carbocycles. The van der Waals surface area contributed by atoms with Crippen molar-refractivity contribution in [3.63, 3.8) is 0 Å². The molecule has 34 heavy (non-hydrogen) atoms. The average molecular weight is 466 g/mol. The summed E-state index contributed by atoms with van der Waals surface area (Å²) in [7, 11) is 0. The number of ether oxygens (including phenoxy) is 2. The van der Waals surface area contributed by atoms with Gasteiger partial charge < -0.3 is 29.9 Å². The molecule has 2 fully saturated rings. The first-order chi connectivity index (χ1) is 16.4. The van der Waals surface area contributed by atoms with Crippen molar-refractivity contribution in [2.24, 2.45) is 5.92 Å². The minimum Gasteiger partial charge on any atom is -0.480 e. The number of aliphatic hydroxyl groups is 1. The van der Waals surface area contributed by atoms with Crippen molar-refractivity contribution in [1.29, 1.82) is 0 Å². The second-order valence-corrected chi connectivity index (χ2v) is 8.95.